The normalized spacial score (nSPS) is 9.21. The van der Waals surface area contributed by atoms with Gasteiger partial charge in [0.15, 0.2) is 11.6 Å². The Balaban J connectivity index is 0.000000195. The lowest BCUT2D eigenvalue weighted by molar-refractivity contribution is -0.131. The first-order valence-electron chi connectivity index (χ1n) is 10.2. The zero-order valence-electron chi connectivity index (χ0n) is 18.0. The van der Waals surface area contributed by atoms with Crippen molar-refractivity contribution in [3.63, 3.8) is 0 Å². The van der Waals surface area contributed by atoms with Crippen LogP contribution in [0.15, 0.2) is 134 Å². The largest absolute Gasteiger partial charge is 0.478 e. The van der Waals surface area contributed by atoms with Crippen LogP contribution in [0.1, 0.15) is 31.8 Å². The lowest BCUT2D eigenvalue weighted by atomic mass is 10.0. The maximum atomic E-state index is 11.8. The van der Waals surface area contributed by atoms with E-state index in [1.165, 1.54) is 0 Å². The Labute approximate surface area is 193 Å². The number of carboxylic acid groups (broad SMARTS) is 1. The first-order chi connectivity index (χ1) is 16.0. The van der Waals surface area contributed by atoms with E-state index >= 15 is 0 Å². The Hall–Kier alpha value is -4.57. The first-order valence-corrected chi connectivity index (χ1v) is 10.2. The smallest absolute Gasteiger partial charge is 0.327 e. The minimum Gasteiger partial charge on any atom is -0.478 e. The number of carboxylic acids is 1. The topological polar surface area (TPSA) is 71.4 Å². The summed E-state index contributed by atoms with van der Waals surface area (Å²) < 4.78 is 0. The van der Waals surface area contributed by atoms with Crippen LogP contribution in [-0.2, 0) is 4.79 Å². The lowest BCUT2D eigenvalue weighted by Crippen LogP contribution is -1.99. The first kappa shape index (κ1) is 24.7. The van der Waals surface area contributed by atoms with Crippen LogP contribution < -0.4 is 0 Å². The summed E-state index contributed by atoms with van der Waals surface area (Å²) >= 11 is 0. The highest BCUT2D eigenvalue weighted by atomic mass is 16.4. The second-order valence-corrected chi connectivity index (χ2v) is 6.66. The van der Waals surface area contributed by atoms with E-state index in [9.17, 15) is 14.4 Å². The van der Waals surface area contributed by atoms with Gasteiger partial charge in [-0.2, -0.15) is 0 Å². The van der Waals surface area contributed by atoms with Gasteiger partial charge in [-0.15, -0.1) is 0 Å². The molecule has 0 saturated heterocycles. The maximum absolute atomic E-state index is 11.8. The van der Waals surface area contributed by atoms with Gasteiger partial charge in [-0.1, -0.05) is 128 Å². The Morgan fingerprint density at radius 1 is 0.485 bits per heavy atom. The fraction of sp³-hybridized carbons (Fsp3) is 0. The molecular weight excluding hydrogens is 412 g/mol. The monoisotopic (exact) mass is 436 g/mol. The zero-order chi connectivity index (χ0) is 23.9. The Morgan fingerprint density at radius 3 is 0.818 bits per heavy atom. The molecular formula is C29H24O4. The predicted octanol–water partition coefficient (Wildman–Crippen LogP) is 6.09. The van der Waals surface area contributed by atoms with Gasteiger partial charge in [0.2, 0.25) is 0 Å². The number of ketones is 2. The molecule has 0 radical (unpaired) electrons. The van der Waals surface area contributed by atoms with E-state index in [1.54, 1.807) is 0 Å². The fourth-order valence-corrected chi connectivity index (χ4v) is 2.69. The molecule has 4 nitrogen and oxygen atoms in total. The Bertz CT molecular complexity index is 983. The molecule has 0 amide bonds. The molecule has 0 saturated carbocycles. The summed E-state index contributed by atoms with van der Waals surface area (Å²) in [7, 11) is 0. The van der Waals surface area contributed by atoms with Gasteiger partial charge >= 0.3 is 5.97 Å². The average molecular weight is 437 g/mol. The molecule has 0 fully saturated rings. The van der Waals surface area contributed by atoms with Crippen LogP contribution in [0.5, 0.6) is 0 Å². The van der Waals surface area contributed by atoms with Gasteiger partial charge in [0.25, 0.3) is 0 Å². The maximum Gasteiger partial charge on any atom is 0.327 e. The van der Waals surface area contributed by atoms with E-state index in [2.05, 4.69) is 6.58 Å². The third-order valence-corrected chi connectivity index (χ3v) is 4.32. The molecule has 0 atom stereocenters. The van der Waals surface area contributed by atoms with Crippen LogP contribution in [0.2, 0.25) is 0 Å². The summed E-state index contributed by atoms with van der Waals surface area (Å²) in [6.07, 6.45) is 0.833. The molecule has 4 aromatic rings. The zero-order valence-corrected chi connectivity index (χ0v) is 18.0. The van der Waals surface area contributed by atoms with Crippen LogP contribution in [0.3, 0.4) is 0 Å². The van der Waals surface area contributed by atoms with Gasteiger partial charge in [0.1, 0.15) is 0 Å². The van der Waals surface area contributed by atoms with Crippen molar-refractivity contribution < 1.29 is 19.5 Å². The molecule has 0 bridgehead atoms. The lowest BCUT2D eigenvalue weighted by Gasteiger charge is -1.99. The molecule has 164 valence electrons. The second kappa shape index (κ2) is 13.7. The molecule has 0 aliphatic carbocycles. The number of carbonyl (C=O) groups excluding carboxylic acids is 2. The van der Waals surface area contributed by atoms with Crippen LogP contribution in [-0.4, -0.2) is 22.6 Å². The Kier molecular flexibility index (Phi) is 10.2. The Morgan fingerprint density at radius 2 is 0.667 bits per heavy atom. The van der Waals surface area contributed by atoms with E-state index in [-0.39, 0.29) is 11.6 Å². The van der Waals surface area contributed by atoms with Crippen molar-refractivity contribution in [1.82, 2.24) is 0 Å². The number of hydrogen-bond acceptors (Lipinski definition) is 3. The van der Waals surface area contributed by atoms with Crippen molar-refractivity contribution in [2.45, 2.75) is 0 Å². The van der Waals surface area contributed by atoms with Gasteiger partial charge in [-0.25, -0.2) is 4.79 Å². The van der Waals surface area contributed by atoms with Crippen molar-refractivity contribution in [3.05, 3.63) is 156 Å². The van der Waals surface area contributed by atoms with Gasteiger partial charge in [-0.3, -0.25) is 9.59 Å². The fourth-order valence-electron chi connectivity index (χ4n) is 2.69. The highest BCUT2D eigenvalue weighted by Crippen LogP contribution is 2.09. The third-order valence-electron chi connectivity index (χ3n) is 4.32. The van der Waals surface area contributed by atoms with Crippen molar-refractivity contribution in [2.75, 3.05) is 0 Å². The van der Waals surface area contributed by atoms with Crippen molar-refractivity contribution >= 4 is 17.5 Å². The molecule has 4 heteroatoms. The van der Waals surface area contributed by atoms with Crippen LogP contribution in [0.4, 0.5) is 0 Å². The highest BCUT2D eigenvalue weighted by Gasteiger charge is 2.07. The average Bonchev–Trinajstić information content (AvgIpc) is 2.90. The molecule has 0 heterocycles. The highest BCUT2D eigenvalue weighted by molar-refractivity contribution is 6.09. The van der Waals surface area contributed by atoms with Crippen LogP contribution >= 0.6 is 0 Å². The molecule has 4 aromatic carbocycles. The van der Waals surface area contributed by atoms with E-state index in [0.29, 0.717) is 0 Å². The third kappa shape index (κ3) is 8.59. The number of benzene rings is 4. The van der Waals surface area contributed by atoms with Crippen LogP contribution in [0, 0.1) is 0 Å². The summed E-state index contributed by atoms with van der Waals surface area (Å²) in [5.74, 6) is -0.831. The number of hydrogen-bond donors (Lipinski definition) is 1. The molecule has 0 unspecified atom stereocenters. The van der Waals surface area contributed by atoms with Crippen molar-refractivity contribution in [1.29, 1.82) is 0 Å². The summed E-state index contributed by atoms with van der Waals surface area (Å²) in [4.78, 5) is 32.9. The molecule has 0 spiro atoms. The minimum atomic E-state index is -0.981. The number of aliphatic carboxylic acids is 1. The molecule has 4 rings (SSSR count). The number of rotatable bonds is 5. The van der Waals surface area contributed by atoms with Gasteiger partial charge in [0, 0.05) is 28.3 Å². The summed E-state index contributed by atoms with van der Waals surface area (Å²) in [5.41, 5.74) is 2.94. The van der Waals surface area contributed by atoms with Crippen LogP contribution in [0.25, 0.3) is 0 Å². The number of carbonyl (C=O) groups is 3. The molecule has 0 aliphatic rings. The van der Waals surface area contributed by atoms with E-state index in [1.807, 2.05) is 121 Å². The molecule has 33 heavy (non-hydrogen) atoms. The van der Waals surface area contributed by atoms with Gasteiger partial charge in [-0.05, 0) is 0 Å². The van der Waals surface area contributed by atoms with E-state index in [0.717, 1.165) is 28.3 Å². The standard InChI is InChI=1S/2C13H10O.C3H4O2/c2*14-13(11-7-3-1-4-8-11)12-9-5-2-6-10-12;1-2-3(4)5/h2*1-10H;2H,1H2,(H,4,5). The summed E-state index contributed by atoms with van der Waals surface area (Å²) in [5, 5.41) is 7.60. The van der Waals surface area contributed by atoms with E-state index in [4.69, 9.17) is 5.11 Å². The summed E-state index contributed by atoms with van der Waals surface area (Å²) in [6, 6.07) is 37.2. The van der Waals surface area contributed by atoms with Gasteiger partial charge in [0.05, 0.1) is 0 Å². The van der Waals surface area contributed by atoms with Gasteiger partial charge < -0.3 is 5.11 Å². The molecule has 0 aromatic heterocycles. The molecule has 1 N–H and O–H groups in total. The SMILES string of the molecule is C=CC(=O)O.O=C(c1ccccc1)c1ccccc1.O=C(c1ccccc1)c1ccccc1. The second-order valence-electron chi connectivity index (χ2n) is 6.66. The van der Waals surface area contributed by atoms with E-state index < -0.39 is 5.97 Å². The summed E-state index contributed by atoms with van der Waals surface area (Å²) in [6.45, 7) is 2.96. The minimum absolute atomic E-state index is 0.0752. The molecule has 0 aliphatic heterocycles. The quantitative estimate of drug-likeness (QED) is 0.303. The van der Waals surface area contributed by atoms with Crippen molar-refractivity contribution in [3.8, 4) is 0 Å². The predicted molar refractivity (Wildman–Crippen MR) is 130 cm³/mol. The van der Waals surface area contributed by atoms with Crippen molar-refractivity contribution in [2.24, 2.45) is 0 Å².